The van der Waals surface area contributed by atoms with Crippen LogP contribution >= 0.6 is 0 Å². The number of nitrogens with one attached hydrogen (secondary N) is 2. The van der Waals surface area contributed by atoms with E-state index >= 15 is 0 Å². The molecule has 0 spiro atoms. The Morgan fingerprint density at radius 1 is 1.07 bits per heavy atom. The number of aromatic nitrogens is 3. The highest BCUT2D eigenvalue weighted by atomic mass is 32.2. The molecule has 0 unspecified atom stereocenters. The zero-order chi connectivity index (χ0) is 20.7. The fourth-order valence-corrected chi connectivity index (χ4v) is 4.74. The predicted octanol–water partition coefficient (Wildman–Crippen LogP) is 3.28. The second-order valence-electron chi connectivity index (χ2n) is 7.64. The van der Waals surface area contributed by atoms with Crippen molar-refractivity contribution in [2.24, 2.45) is 0 Å². The maximum Gasteiger partial charge on any atom is 0.333 e. The molecule has 1 aromatic carbocycles. The van der Waals surface area contributed by atoms with Gasteiger partial charge in [-0.2, -0.15) is 13.5 Å². The third-order valence-electron chi connectivity index (χ3n) is 5.52. The van der Waals surface area contributed by atoms with Gasteiger partial charge in [-0.05, 0) is 67.0 Å². The van der Waals surface area contributed by atoms with Crippen molar-refractivity contribution in [1.29, 1.82) is 0 Å². The minimum atomic E-state index is -4.06. The summed E-state index contributed by atoms with van der Waals surface area (Å²) in [6, 6.07) is 8.63. The average molecular weight is 423 g/mol. The molecule has 8 nitrogen and oxygen atoms in total. The van der Waals surface area contributed by atoms with Gasteiger partial charge in [0.05, 0.1) is 11.7 Å². The van der Waals surface area contributed by atoms with Crippen LogP contribution in [0.5, 0.6) is 0 Å². The van der Waals surface area contributed by atoms with Gasteiger partial charge in [0.1, 0.15) is 0 Å². The first kappa shape index (κ1) is 18.8. The lowest BCUT2D eigenvalue weighted by atomic mass is 9.98. The lowest BCUT2D eigenvalue weighted by Crippen LogP contribution is -2.35. The molecule has 2 heterocycles. The molecular formula is C21H21N5O3S. The van der Waals surface area contributed by atoms with E-state index in [2.05, 4.69) is 26.2 Å². The van der Waals surface area contributed by atoms with Crippen LogP contribution in [0.1, 0.15) is 36.4 Å². The summed E-state index contributed by atoms with van der Waals surface area (Å²) in [5, 5.41) is 6.74. The maximum atomic E-state index is 12.7. The molecule has 2 aromatic heterocycles. The standard InChI is InChI=1S/C21H21N5O3S/c27-21(25-30(28,29)19-10-13-26(24-19)16-5-6-16)23-20-17-3-1-2-14(17)4-7-18(20)15-8-11-22-12-9-15/h4,7-13,16H,1-3,5-6H2,(H2,23,25,27). The van der Waals surface area contributed by atoms with Crippen LogP contribution in [-0.4, -0.2) is 29.2 Å². The van der Waals surface area contributed by atoms with Crippen molar-refractivity contribution >= 4 is 21.7 Å². The Morgan fingerprint density at radius 2 is 1.87 bits per heavy atom. The zero-order valence-electron chi connectivity index (χ0n) is 16.2. The summed E-state index contributed by atoms with van der Waals surface area (Å²) in [5.74, 6) is 0. The van der Waals surface area contributed by atoms with E-state index in [4.69, 9.17) is 0 Å². The maximum absolute atomic E-state index is 12.7. The first-order chi connectivity index (χ1) is 14.5. The number of rotatable bonds is 5. The Morgan fingerprint density at radius 3 is 2.63 bits per heavy atom. The van der Waals surface area contributed by atoms with Crippen molar-refractivity contribution in [3.05, 3.63) is 60.0 Å². The van der Waals surface area contributed by atoms with Gasteiger partial charge in [-0.1, -0.05) is 12.1 Å². The van der Waals surface area contributed by atoms with Crippen LogP contribution in [-0.2, 0) is 22.9 Å². The number of amides is 2. The van der Waals surface area contributed by atoms with Gasteiger partial charge in [-0.15, -0.1) is 0 Å². The van der Waals surface area contributed by atoms with Gasteiger partial charge in [0.25, 0.3) is 10.0 Å². The van der Waals surface area contributed by atoms with Gasteiger partial charge in [0, 0.05) is 24.2 Å². The van der Waals surface area contributed by atoms with Gasteiger partial charge in [-0.25, -0.2) is 9.52 Å². The molecule has 0 atom stereocenters. The van der Waals surface area contributed by atoms with Crippen molar-refractivity contribution in [2.45, 2.75) is 43.2 Å². The van der Waals surface area contributed by atoms with Crippen LogP contribution in [0.15, 0.2) is 53.9 Å². The highest BCUT2D eigenvalue weighted by molar-refractivity contribution is 7.90. The van der Waals surface area contributed by atoms with Crippen molar-refractivity contribution < 1.29 is 13.2 Å². The highest BCUT2D eigenvalue weighted by Crippen LogP contribution is 2.37. The van der Waals surface area contributed by atoms with Crippen LogP contribution in [0.4, 0.5) is 10.5 Å². The SMILES string of the molecule is O=C(Nc1c(-c2ccncc2)ccc2c1CCC2)NS(=O)(=O)c1ccn(C2CC2)n1. The van der Waals surface area contributed by atoms with E-state index in [9.17, 15) is 13.2 Å². The van der Waals surface area contributed by atoms with Crippen LogP contribution < -0.4 is 10.0 Å². The molecule has 3 aromatic rings. The lowest BCUT2D eigenvalue weighted by molar-refractivity contribution is 0.256. The average Bonchev–Trinajstić information content (AvgIpc) is 3.25. The number of sulfonamides is 1. The number of urea groups is 1. The highest BCUT2D eigenvalue weighted by Gasteiger charge is 2.28. The lowest BCUT2D eigenvalue weighted by Gasteiger charge is -2.16. The van der Waals surface area contributed by atoms with Crippen molar-refractivity contribution in [3.8, 4) is 11.1 Å². The summed E-state index contributed by atoms with van der Waals surface area (Å²) < 4.78 is 29.0. The van der Waals surface area contributed by atoms with Gasteiger partial charge in [0.2, 0.25) is 0 Å². The monoisotopic (exact) mass is 423 g/mol. The fourth-order valence-electron chi connectivity index (χ4n) is 3.90. The molecule has 0 saturated heterocycles. The minimum Gasteiger partial charge on any atom is -0.306 e. The molecule has 5 rings (SSSR count). The van der Waals surface area contributed by atoms with Gasteiger partial charge < -0.3 is 5.32 Å². The Labute approximate surface area is 174 Å². The molecule has 30 heavy (non-hydrogen) atoms. The molecule has 154 valence electrons. The van der Waals surface area contributed by atoms with Gasteiger partial charge >= 0.3 is 6.03 Å². The molecule has 9 heteroatoms. The minimum absolute atomic E-state index is 0.155. The van der Waals surface area contributed by atoms with E-state index in [1.807, 2.05) is 18.2 Å². The summed E-state index contributed by atoms with van der Waals surface area (Å²) in [5.41, 5.74) is 4.61. The van der Waals surface area contributed by atoms with Gasteiger partial charge in [-0.3, -0.25) is 9.67 Å². The van der Waals surface area contributed by atoms with E-state index in [1.165, 1.54) is 11.6 Å². The fraction of sp³-hybridized carbons (Fsp3) is 0.286. The van der Waals surface area contributed by atoms with E-state index in [0.717, 1.165) is 48.8 Å². The second kappa shape index (κ2) is 7.24. The molecule has 0 bridgehead atoms. The molecule has 0 aliphatic heterocycles. The number of anilines is 1. The Bertz CT molecular complexity index is 1220. The summed E-state index contributed by atoms with van der Waals surface area (Å²) in [6.45, 7) is 0. The Kier molecular flexibility index (Phi) is 4.54. The van der Waals surface area contributed by atoms with E-state index < -0.39 is 16.1 Å². The second-order valence-corrected chi connectivity index (χ2v) is 9.27. The zero-order valence-corrected chi connectivity index (χ0v) is 17.0. The first-order valence-corrected chi connectivity index (χ1v) is 11.4. The number of carbonyl (C=O) groups excluding carboxylic acids is 1. The molecule has 1 saturated carbocycles. The Hall–Kier alpha value is -3.20. The molecule has 0 radical (unpaired) electrons. The van der Waals surface area contributed by atoms with Crippen LogP contribution in [0.3, 0.4) is 0 Å². The number of fused-ring (bicyclic) bond motifs is 1. The largest absolute Gasteiger partial charge is 0.333 e. The smallest absolute Gasteiger partial charge is 0.306 e. The third kappa shape index (κ3) is 3.56. The quantitative estimate of drug-likeness (QED) is 0.655. The molecule has 1 fully saturated rings. The topological polar surface area (TPSA) is 106 Å². The number of hydrogen-bond acceptors (Lipinski definition) is 5. The van der Waals surface area contributed by atoms with Crippen LogP contribution in [0.25, 0.3) is 11.1 Å². The normalized spacial score (nSPS) is 15.6. The number of benzene rings is 1. The number of aryl methyl sites for hydroxylation is 1. The third-order valence-corrected chi connectivity index (χ3v) is 6.74. The number of carbonyl (C=O) groups is 1. The number of nitrogens with zero attached hydrogens (tertiary/aromatic N) is 3. The van der Waals surface area contributed by atoms with Crippen molar-refractivity contribution in [3.63, 3.8) is 0 Å². The molecule has 2 amide bonds. The summed E-state index contributed by atoms with van der Waals surface area (Å²) in [4.78, 5) is 16.7. The van der Waals surface area contributed by atoms with E-state index in [0.29, 0.717) is 5.69 Å². The molecule has 2 N–H and O–H groups in total. The van der Waals surface area contributed by atoms with Crippen LogP contribution in [0.2, 0.25) is 0 Å². The summed E-state index contributed by atoms with van der Waals surface area (Å²) in [7, 11) is -4.06. The van der Waals surface area contributed by atoms with E-state index in [-0.39, 0.29) is 11.1 Å². The summed E-state index contributed by atoms with van der Waals surface area (Å²) in [6.07, 6.45) is 9.78. The predicted molar refractivity (Wildman–Crippen MR) is 112 cm³/mol. The number of pyridine rings is 1. The van der Waals surface area contributed by atoms with Crippen molar-refractivity contribution in [1.82, 2.24) is 19.5 Å². The van der Waals surface area contributed by atoms with Crippen molar-refractivity contribution in [2.75, 3.05) is 5.32 Å². The molecule has 2 aliphatic rings. The number of hydrogen-bond donors (Lipinski definition) is 2. The van der Waals surface area contributed by atoms with E-state index in [1.54, 1.807) is 23.3 Å². The van der Waals surface area contributed by atoms with Gasteiger partial charge in [0.15, 0.2) is 5.03 Å². The first-order valence-electron chi connectivity index (χ1n) is 9.95. The Balaban J connectivity index is 1.42. The van der Waals surface area contributed by atoms with Crippen LogP contribution in [0, 0.1) is 0 Å². The molecular weight excluding hydrogens is 402 g/mol. The summed E-state index contributed by atoms with van der Waals surface area (Å²) >= 11 is 0. The molecule has 2 aliphatic carbocycles.